The molecule has 0 unspecified atom stereocenters. The average Bonchev–Trinajstić information content (AvgIpc) is 2.97. The van der Waals surface area contributed by atoms with Crippen molar-refractivity contribution in [2.24, 2.45) is 0 Å². The Kier molecular flexibility index (Phi) is 5.35. The van der Waals surface area contributed by atoms with Crippen molar-refractivity contribution in [2.45, 2.75) is 13.5 Å². The molecule has 0 aliphatic carbocycles. The fourth-order valence-electron chi connectivity index (χ4n) is 2.08. The predicted octanol–water partition coefficient (Wildman–Crippen LogP) is 4.63. The number of carbonyl (C=O) groups is 1. The molecule has 0 bridgehead atoms. The first kappa shape index (κ1) is 17.4. The van der Waals surface area contributed by atoms with Crippen LogP contribution in [-0.4, -0.2) is 16.0 Å². The number of benzene rings is 1. The van der Waals surface area contributed by atoms with E-state index in [9.17, 15) is 4.79 Å². The molecule has 3 aromatic rings. The number of pyridine rings is 1. The molecule has 1 amide bonds. The Morgan fingerprint density at radius 1 is 1.32 bits per heavy atom. The molecule has 2 heterocycles. The fourth-order valence-corrected chi connectivity index (χ4v) is 2.50. The smallest absolute Gasteiger partial charge is 0.279 e. The van der Waals surface area contributed by atoms with Crippen molar-refractivity contribution in [3.63, 3.8) is 0 Å². The van der Waals surface area contributed by atoms with Gasteiger partial charge in [-0.15, -0.1) is 0 Å². The average molecular weight is 423 g/mol. The second kappa shape index (κ2) is 7.67. The zero-order chi connectivity index (χ0) is 17.8. The molecule has 1 N–H and O–H groups in total. The molecule has 0 saturated carbocycles. The standard InChI is InChI=1S/C17H13BrClN3O3/c1-10-12(9-24-14-5-3-2-4-13(14)19)16(22-25-10)17(23)21-15-7-6-11(18)8-20-15/h2-8H,9H2,1H3,(H,20,21,23). The van der Waals surface area contributed by atoms with E-state index in [-0.39, 0.29) is 12.3 Å². The molecule has 0 saturated heterocycles. The molecule has 0 spiro atoms. The Labute approximate surface area is 157 Å². The summed E-state index contributed by atoms with van der Waals surface area (Å²) < 4.78 is 11.6. The second-order valence-electron chi connectivity index (χ2n) is 5.10. The van der Waals surface area contributed by atoms with E-state index >= 15 is 0 Å². The summed E-state index contributed by atoms with van der Waals surface area (Å²) in [6.45, 7) is 1.82. The molecule has 8 heteroatoms. The Hall–Kier alpha value is -2.38. The number of para-hydroxylation sites is 1. The van der Waals surface area contributed by atoms with E-state index in [1.54, 1.807) is 37.4 Å². The van der Waals surface area contributed by atoms with Gasteiger partial charge in [0.15, 0.2) is 5.69 Å². The highest BCUT2D eigenvalue weighted by molar-refractivity contribution is 9.10. The lowest BCUT2D eigenvalue weighted by atomic mass is 10.2. The van der Waals surface area contributed by atoms with E-state index in [4.69, 9.17) is 20.9 Å². The maximum Gasteiger partial charge on any atom is 0.279 e. The topological polar surface area (TPSA) is 77.3 Å². The van der Waals surface area contributed by atoms with Crippen molar-refractivity contribution in [3.05, 3.63) is 69.1 Å². The van der Waals surface area contributed by atoms with Crippen LogP contribution in [0.1, 0.15) is 21.8 Å². The van der Waals surface area contributed by atoms with Crippen molar-refractivity contribution < 1.29 is 14.1 Å². The van der Waals surface area contributed by atoms with Gasteiger partial charge in [-0.1, -0.05) is 28.9 Å². The number of carbonyl (C=O) groups excluding carboxylic acids is 1. The number of ether oxygens (including phenoxy) is 1. The summed E-state index contributed by atoms with van der Waals surface area (Å²) in [5.41, 5.74) is 0.698. The maximum absolute atomic E-state index is 12.4. The van der Waals surface area contributed by atoms with E-state index in [2.05, 4.69) is 31.4 Å². The highest BCUT2D eigenvalue weighted by Gasteiger charge is 2.21. The normalized spacial score (nSPS) is 10.5. The van der Waals surface area contributed by atoms with Gasteiger partial charge in [0.05, 0.1) is 10.6 Å². The molecule has 0 aliphatic rings. The molecule has 3 rings (SSSR count). The highest BCUT2D eigenvalue weighted by atomic mass is 79.9. The van der Waals surface area contributed by atoms with E-state index in [1.807, 2.05) is 12.1 Å². The molecule has 1 aromatic carbocycles. The minimum atomic E-state index is -0.426. The van der Waals surface area contributed by atoms with Gasteiger partial charge >= 0.3 is 0 Å². The number of aryl methyl sites for hydroxylation is 1. The minimum absolute atomic E-state index is 0.107. The first-order valence-corrected chi connectivity index (χ1v) is 8.47. The summed E-state index contributed by atoms with van der Waals surface area (Å²) in [6.07, 6.45) is 1.59. The third kappa shape index (κ3) is 4.18. The molecule has 128 valence electrons. The third-order valence-corrected chi connectivity index (χ3v) is 4.16. The van der Waals surface area contributed by atoms with Crippen molar-refractivity contribution in [3.8, 4) is 5.75 Å². The largest absolute Gasteiger partial charge is 0.487 e. The first-order chi connectivity index (χ1) is 12.0. The molecule has 0 radical (unpaired) electrons. The lowest BCUT2D eigenvalue weighted by molar-refractivity contribution is 0.101. The summed E-state index contributed by atoms with van der Waals surface area (Å²) in [5.74, 6) is 1.00. The van der Waals surface area contributed by atoms with Crippen molar-refractivity contribution in [1.29, 1.82) is 0 Å². The van der Waals surface area contributed by atoms with Gasteiger partial charge in [-0.25, -0.2) is 4.98 Å². The van der Waals surface area contributed by atoms with Gasteiger partial charge in [0.1, 0.15) is 23.9 Å². The lowest BCUT2D eigenvalue weighted by Crippen LogP contribution is -2.16. The quantitative estimate of drug-likeness (QED) is 0.649. The molecule has 2 aromatic heterocycles. The van der Waals surface area contributed by atoms with Gasteiger partial charge in [0.2, 0.25) is 0 Å². The van der Waals surface area contributed by atoms with Gasteiger partial charge in [0.25, 0.3) is 5.91 Å². The highest BCUT2D eigenvalue weighted by Crippen LogP contribution is 2.25. The van der Waals surface area contributed by atoms with Crippen LogP contribution in [0.15, 0.2) is 51.6 Å². The summed E-state index contributed by atoms with van der Waals surface area (Å²) >= 11 is 9.36. The summed E-state index contributed by atoms with van der Waals surface area (Å²) in [6, 6.07) is 10.5. The molecule has 0 atom stereocenters. The third-order valence-electron chi connectivity index (χ3n) is 3.38. The summed E-state index contributed by atoms with van der Waals surface area (Å²) in [4.78, 5) is 16.5. The number of anilines is 1. The van der Waals surface area contributed by atoms with Crippen LogP contribution in [0.25, 0.3) is 0 Å². The Morgan fingerprint density at radius 3 is 2.84 bits per heavy atom. The van der Waals surface area contributed by atoms with E-state index in [0.717, 1.165) is 4.47 Å². The maximum atomic E-state index is 12.4. The number of amides is 1. The zero-order valence-electron chi connectivity index (χ0n) is 13.1. The van der Waals surface area contributed by atoms with E-state index in [0.29, 0.717) is 27.9 Å². The van der Waals surface area contributed by atoms with Crippen LogP contribution >= 0.6 is 27.5 Å². The van der Waals surface area contributed by atoms with Crippen molar-refractivity contribution >= 4 is 39.3 Å². The SMILES string of the molecule is Cc1onc(C(=O)Nc2ccc(Br)cn2)c1COc1ccccc1Cl. The Morgan fingerprint density at radius 2 is 2.12 bits per heavy atom. The Balaban J connectivity index is 1.75. The van der Waals surface area contributed by atoms with Gasteiger partial charge in [0, 0.05) is 10.7 Å². The van der Waals surface area contributed by atoms with Gasteiger partial charge < -0.3 is 14.6 Å². The number of halogens is 2. The molecule has 0 fully saturated rings. The van der Waals surface area contributed by atoms with Crippen LogP contribution in [-0.2, 0) is 6.61 Å². The van der Waals surface area contributed by atoms with E-state index < -0.39 is 5.91 Å². The van der Waals surface area contributed by atoms with Crippen LogP contribution in [0.4, 0.5) is 5.82 Å². The monoisotopic (exact) mass is 421 g/mol. The second-order valence-corrected chi connectivity index (χ2v) is 6.42. The van der Waals surface area contributed by atoms with Gasteiger partial charge in [-0.3, -0.25) is 4.79 Å². The molecule has 25 heavy (non-hydrogen) atoms. The van der Waals surface area contributed by atoms with Crippen LogP contribution in [0.3, 0.4) is 0 Å². The summed E-state index contributed by atoms with van der Waals surface area (Å²) in [7, 11) is 0. The predicted molar refractivity (Wildman–Crippen MR) is 96.9 cm³/mol. The van der Waals surface area contributed by atoms with Crippen LogP contribution in [0, 0.1) is 6.92 Å². The molecular formula is C17H13BrClN3O3. The molecule has 6 nitrogen and oxygen atoms in total. The number of nitrogens with zero attached hydrogens (tertiary/aromatic N) is 2. The zero-order valence-corrected chi connectivity index (χ0v) is 15.5. The molecular weight excluding hydrogens is 410 g/mol. The van der Waals surface area contributed by atoms with E-state index in [1.165, 1.54) is 0 Å². The van der Waals surface area contributed by atoms with Gasteiger partial charge in [-0.05, 0) is 47.1 Å². The first-order valence-electron chi connectivity index (χ1n) is 7.30. The lowest BCUT2D eigenvalue weighted by Gasteiger charge is -2.08. The number of aromatic nitrogens is 2. The number of nitrogens with one attached hydrogen (secondary N) is 1. The van der Waals surface area contributed by atoms with Crippen molar-refractivity contribution in [1.82, 2.24) is 10.1 Å². The fraction of sp³-hybridized carbons (Fsp3) is 0.118. The van der Waals surface area contributed by atoms with Crippen LogP contribution < -0.4 is 10.1 Å². The van der Waals surface area contributed by atoms with Crippen LogP contribution in [0.5, 0.6) is 5.75 Å². The van der Waals surface area contributed by atoms with Crippen LogP contribution in [0.2, 0.25) is 5.02 Å². The number of hydrogen-bond donors (Lipinski definition) is 1. The Bertz CT molecular complexity index is 896. The number of rotatable bonds is 5. The summed E-state index contributed by atoms with van der Waals surface area (Å²) in [5, 5.41) is 6.99. The number of hydrogen-bond acceptors (Lipinski definition) is 5. The van der Waals surface area contributed by atoms with Crippen molar-refractivity contribution in [2.75, 3.05) is 5.32 Å². The molecule has 0 aliphatic heterocycles. The minimum Gasteiger partial charge on any atom is -0.487 e. The van der Waals surface area contributed by atoms with Gasteiger partial charge in [-0.2, -0.15) is 0 Å².